The van der Waals surface area contributed by atoms with Crippen LogP contribution >= 0.6 is 11.8 Å². The summed E-state index contributed by atoms with van der Waals surface area (Å²) < 4.78 is 18.4. The standard InChI is InChI=1S/C15H20FNO4S/c1-15(2,3)22-8-12(18)17-13(14(19)20)9-5-6-11(21-4)10(16)7-9/h5-7,13H,8H2,1-4H3,(H,17,18)(H,19,20). The molecule has 22 heavy (non-hydrogen) atoms. The van der Waals surface area contributed by atoms with Gasteiger partial charge in [0.15, 0.2) is 17.6 Å². The van der Waals surface area contributed by atoms with Crippen molar-refractivity contribution in [1.82, 2.24) is 5.32 Å². The van der Waals surface area contributed by atoms with Gasteiger partial charge in [0.1, 0.15) is 0 Å². The van der Waals surface area contributed by atoms with Gasteiger partial charge in [-0.3, -0.25) is 4.79 Å². The minimum atomic E-state index is -1.30. The quantitative estimate of drug-likeness (QED) is 0.839. The van der Waals surface area contributed by atoms with E-state index in [4.69, 9.17) is 4.74 Å². The molecule has 7 heteroatoms. The number of carboxylic acid groups (broad SMARTS) is 1. The summed E-state index contributed by atoms with van der Waals surface area (Å²) in [5.41, 5.74) is 0.153. The second-order valence-corrected chi connectivity index (χ2v) is 7.44. The van der Waals surface area contributed by atoms with Gasteiger partial charge in [-0.1, -0.05) is 26.8 Å². The number of rotatable bonds is 6. The van der Waals surface area contributed by atoms with Gasteiger partial charge >= 0.3 is 5.97 Å². The molecule has 0 radical (unpaired) electrons. The highest BCUT2D eigenvalue weighted by molar-refractivity contribution is 8.01. The monoisotopic (exact) mass is 329 g/mol. The van der Waals surface area contributed by atoms with Crippen LogP contribution in [-0.2, 0) is 9.59 Å². The smallest absolute Gasteiger partial charge is 0.330 e. The zero-order valence-electron chi connectivity index (χ0n) is 13.0. The highest BCUT2D eigenvalue weighted by Gasteiger charge is 2.24. The second kappa shape index (κ2) is 7.49. The molecular weight excluding hydrogens is 309 g/mol. The number of hydrogen-bond acceptors (Lipinski definition) is 4. The molecule has 1 unspecified atom stereocenters. The Kier molecular flexibility index (Phi) is 6.22. The molecule has 2 N–H and O–H groups in total. The minimum absolute atomic E-state index is 0.0162. The number of hydrogen-bond donors (Lipinski definition) is 2. The van der Waals surface area contributed by atoms with Gasteiger partial charge in [0.05, 0.1) is 12.9 Å². The number of carboxylic acids is 1. The molecule has 122 valence electrons. The fourth-order valence-electron chi connectivity index (χ4n) is 1.63. The van der Waals surface area contributed by atoms with E-state index >= 15 is 0 Å². The molecular formula is C15H20FNO4S. The number of methoxy groups -OCH3 is 1. The van der Waals surface area contributed by atoms with Crippen LogP contribution in [0.15, 0.2) is 18.2 Å². The van der Waals surface area contributed by atoms with Crippen molar-refractivity contribution in [2.24, 2.45) is 0 Å². The second-order valence-electron chi connectivity index (χ2n) is 5.63. The maximum Gasteiger partial charge on any atom is 0.330 e. The van der Waals surface area contributed by atoms with E-state index in [1.165, 1.54) is 31.0 Å². The Balaban J connectivity index is 2.84. The van der Waals surface area contributed by atoms with Crippen molar-refractivity contribution in [2.75, 3.05) is 12.9 Å². The first-order chi connectivity index (χ1) is 10.1. The summed E-state index contributed by atoms with van der Waals surface area (Å²) in [6.45, 7) is 5.87. The van der Waals surface area contributed by atoms with Gasteiger partial charge in [0, 0.05) is 4.75 Å². The van der Waals surface area contributed by atoms with Crippen molar-refractivity contribution in [3.8, 4) is 5.75 Å². The average molecular weight is 329 g/mol. The number of carbonyl (C=O) groups is 2. The Bertz CT molecular complexity index is 557. The highest BCUT2D eigenvalue weighted by Crippen LogP contribution is 2.24. The molecule has 5 nitrogen and oxygen atoms in total. The van der Waals surface area contributed by atoms with E-state index < -0.39 is 23.7 Å². The summed E-state index contributed by atoms with van der Waals surface area (Å²) in [5.74, 6) is -2.19. The molecule has 1 aromatic rings. The Hall–Kier alpha value is -1.76. The van der Waals surface area contributed by atoms with E-state index in [0.29, 0.717) is 0 Å². The summed E-state index contributed by atoms with van der Waals surface area (Å²) in [6.07, 6.45) is 0. The molecule has 0 bridgehead atoms. The molecule has 0 aliphatic rings. The fourth-order valence-corrected chi connectivity index (χ4v) is 2.28. The lowest BCUT2D eigenvalue weighted by atomic mass is 10.1. The van der Waals surface area contributed by atoms with Gasteiger partial charge in [-0.25, -0.2) is 9.18 Å². The number of amides is 1. The largest absolute Gasteiger partial charge is 0.494 e. The Morgan fingerprint density at radius 2 is 2.05 bits per heavy atom. The van der Waals surface area contributed by atoms with Crippen molar-refractivity contribution < 1.29 is 23.8 Å². The molecule has 0 fully saturated rings. The third kappa shape index (κ3) is 5.55. The Labute approximate surface area is 133 Å². The summed E-state index contributed by atoms with van der Waals surface area (Å²) >= 11 is 1.40. The topological polar surface area (TPSA) is 75.6 Å². The molecule has 1 rings (SSSR count). The van der Waals surface area contributed by atoms with Gasteiger partial charge in [0.2, 0.25) is 5.91 Å². The van der Waals surface area contributed by atoms with Gasteiger partial charge in [-0.2, -0.15) is 0 Å². The van der Waals surface area contributed by atoms with Crippen LogP contribution in [-0.4, -0.2) is 34.6 Å². The van der Waals surface area contributed by atoms with E-state index in [1.54, 1.807) is 0 Å². The Morgan fingerprint density at radius 3 is 2.50 bits per heavy atom. The van der Waals surface area contributed by atoms with Crippen LogP contribution in [0.3, 0.4) is 0 Å². The molecule has 0 aliphatic carbocycles. The Morgan fingerprint density at radius 1 is 1.41 bits per heavy atom. The lowest BCUT2D eigenvalue weighted by Crippen LogP contribution is -2.35. The van der Waals surface area contributed by atoms with Crippen molar-refractivity contribution in [3.05, 3.63) is 29.6 Å². The van der Waals surface area contributed by atoms with E-state index in [2.05, 4.69) is 5.32 Å². The first kappa shape index (κ1) is 18.3. The first-order valence-electron chi connectivity index (χ1n) is 6.63. The highest BCUT2D eigenvalue weighted by atomic mass is 32.2. The molecule has 0 aliphatic heterocycles. The lowest BCUT2D eigenvalue weighted by molar-refractivity contribution is -0.141. The SMILES string of the molecule is COc1ccc(C(NC(=O)CSC(C)(C)C)C(=O)O)cc1F. The third-order valence-electron chi connectivity index (χ3n) is 2.70. The lowest BCUT2D eigenvalue weighted by Gasteiger charge is -2.19. The van der Waals surface area contributed by atoms with Crippen LogP contribution < -0.4 is 10.1 Å². The number of benzene rings is 1. The van der Waals surface area contributed by atoms with Crippen LogP contribution in [0.4, 0.5) is 4.39 Å². The predicted octanol–water partition coefficient (Wildman–Crippen LogP) is 2.61. The molecule has 1 amide bonds. The van der Waals surface area contributed by atoms with Crippen molar-refractivity contribution in [2.45, 2.75) is 31.6 Å². The van der Waals surface area contributed by atoms with Crippen LogP contribution in [0.2, 0.25) is 0 Å². The molecule has 0 aromatic heterocycles. The predicted molar refractivity (Wildman–Crippen MR) is 83.7 cm³/mol. The van der Waals surface area contributed by atoms with Crippen LogP contribution in [0.25, 0.3) is 0 Å². The summed E-state index contributed by atoms with van der Waals surface area (Å²) in [6, 6.07) is 2.50. The number of thioether (sulfide) groups is 1. The van der Waals surface area contributed by atoms with E-state index in [-0.39, 0.29) is 21.8 Å². The van der Waals surface area contributed by atoms with Gasteiger partial charge < -0.3 is 15.2 Å². The first-order valence-corrected chi connectivity index (χ1v) is 7.62. The molecule has 1 atom stereocenters. The average Bonchev–Trinajstić information content (AvgIpc) is 2.41. The van der Waals surface area contributed by atoms with E-state index in [0.717, 1.165) is 6.07 Å². The van der Waals surface area contributed by atoms with Crippen molar-refractivity contribution in [3.63, 3.8) is 0 Å². The summed E-state index contributed by atoms with van der Waals surface area (Å²) in [5, 5.41) is 11.6. The third-order valence-corrected chi connectivity index (χ3v) is 3.97. The van der Waals surface area contributed by atoms with Crippen molar-refractivity contribution in [1.29, 1.82) is 0 Å². The van der Waals surface area contributed by atoms with Gasteiger partial charge in [0.25, 0.3) is 0 Å². The minimum Gasteiger partial charge on any atom is -0.494 e. The maximum absolute atomic E-state index is 13.7. The molecule has 0 saturated carbocycles. The number of ether oxygens (including phenoxy) is 1. The molecule has 0 saturated heterocycles. The summed E-state index contributed by atoms with van der Waals surface area (Å²) in [7, 11) is 1.32. The number of halogens is 1. The summed E-state index contributed by atoms with van der Waals surface area (Å²) in [4.78, 5) is 23.2. The van der Waals surface area contributed by atoms with Gasteiger partial charge in [-0.15, -0.1) is 11.8 Å². The molecule has 0 spiro atoms. The number of carbonyl (C=O) groups excluding carboxylic acids is 1. The zero-order chi connectivity index (χ0) is 16.9. The van der Waals surface area contributed by atoms with Crippen LogP contribution in [0.5, 0.6) is 5.75 Å². The zero-order valence-corrected chi connectivity index (χ0v) is 13.8. The van der Waals surface area contributed by atoms with E-state index in [1.807, 2.05) is 20.8 Å². The van der Waals surface area contributed by atoms with Crippen LogP contribution in [0.1, 0.15) is 32.4 Å². The van der Waals surface area contributed by atoms with E-state index in [9.17, 15) is 19.1 Å². The van der Waals surface area contributed by atoms with Crippen molar-refractivity contribution >= 4 is 23.6 Å². The number of nitrogens with one attached hydrogen (secondary N) is 1. The maximum atomic E-state index is 13.7. The van der Waals surface area contributed by atoms with Gasteiger partial charge in [-0.05, 0) is 17.7 Å². The molecule has 0 heterocycles. The normalized spacial score (nSPS) is 12.6. The fraction of sp³-hybridized carbons (Fsp3) is 0.467. The molecule has 1 aromatic carbocycles. The van der Waals surface area contributed by atoms with Crippen LogP contribution in [0, 0.1) is 5.82 Å². The number of aliphatic carboxylic acids is 1.